The summed E-state index contributed by atoms with van der Waals surface area (Å²) in [4.78, 5) is 15.1. The van der Waals surface area contributed by atoms with Crippen LogP contribution in [0.15, 0.2) is 42.7 Å². The van der Waals surface area contributed by atoms with Crippen molar-refractivity contribution >= 4 is 5.91 Å². The summed E-state index contributed by atoms with van der Waals surface area (Å²) in [5, 5.41) is 8.94. The average molecular weight is 377 g/mol. The molecule has 0 N–H and O–H groups in total. The Kier molecular flexibility index (Phi) is 5.03. The van der Waals surface area contributed by atoms with Gasteiger partial charge in [-0.3, -0.25) is 14.2 Å². The molecule has 1 aromatic carbocycles. The lowest BCUT2D eigenvalue weighted by Crippen LogP contribution is -2.27. The molecule has 0 spiro atoms. The van der Waals surface area contributed by atoms with Crippen molar-refractivity contribution in [1.82, 2.24) is 24.5 Å². The maximum Gasteiger partial charge on any atom is 0.257 e. The zero-order valence-corrected chi connectivity index (χ0v) is 16.8. The number of carbonyl (C=O) groups is 1. The van der Waals surface area contributed by atoms with Crippen LogP contribution in [0.1, 0.15) is 53.3 Å². The highest BCUT2D eigenvalue weighted by molar-refractivity contribution is 5.99. The third-order valence-electron chi connectivity index (χ3n) is 5.83. The Morgan fingerprint density at radius 1 is 1.14 bits per heavy atom. The first-order chi connectivity index (χ1) is 13.6. The highest BCUT2D eigenvalue weighted by Crippen LogP contribution is 2.35. The van der Waals surface area contributed by atoms with Gasteiger partial charge in [-0.2, -0.15) is 10.2 Å². The van der Waals surface area contributed by atoms with E-state index in [-0.39, 0.29) is 5.91 Å². The number of hydrogen-bond acceptors (Lipinski definition) is 3. The van der Waals surface area contributed by atoms with Gasteiger partial charge in [-0.15, -0.1) is 0 Å². The van der Waals surface area contributed by atoms with Crippen LogP contribution in [-0.4, -0.2) is 37.4 Å². The Bertz CT molecular complexity index is 966. The summed E-state index contributed by atoms with van der Waals surface area (Å²) in [6, 6.07) is 10.5. The summed E-state index contributed by atoms with van der Waals surface area (Å²) in [6.07, 6.45) is 8.28. The van der Waals surface area contributed by atoms with Gasteiger partial charge in [-0.05, 0) is 19.8 Å². The van der Waals surface area contributed by atoms with E-state index < -0.39 is 0 Å². The zero-order valence-electron chi connectivity index (χ0n) is 16.8. The fourth-order valence-corrected chi connectivity index (χ4v) is 4.06. The van der Waals surface area contributed by atoms with E-state index in [2.05, 4.69) is 27.0 Å². The molecule has 1 aliphatic carbocycles. The van der Waals surface area contributed by atoms with Crippen molar-refractivity contribution in [3.8, 4) is 11.3 Å². The monoisotopic (exact) mass is 377 g/mol. The first-order valence-electron chi connectivity index (χ1n) is 9.92. The van der Waals surface area contributed by atoms with Crippen molar-refractivity contribution in [1.29, 1.82) is 0 Å². The van der Waals surface area contributed by atoms with Crippen LogP contribution in [0.3, 0.4) is 0 Å². The number of benzene rings is 1. The summed E-state index contributed by atoms with van der Waals surface area (Å²) >= 11 is 0. The average Bonchev–Trinajstić information content (AvgIpc) is 3.44. The molecule has 6 nitrogen and oxygen atoms in total. The third kappa shape index (κ3) is 3.35. The van der Waals surface area contributed by atoms with Crippen LogP contribution in [-0.2, 0) is 13.6 Å². The van der Waals surface area contributed by atoms with Crippen LogP contribution in [0.2, 0.25) is 0 Å². The van der Waals surface area contributed by atoms with Crippen molar-refractivity contribution < 1.29 is 4.79 Å². The fourth-order valence-electron chi connectivity index (χ4n) is 4.06. The lowest BCUT2D eigenvalue weighted by atomic mass is 10.1. The lowest BCUT2D eigenvalue weighted by Gasteiger charge is -2.19. The molecule has 4 rings (SSSR count). The van der Waals surface area contributed by atoms with Crippen LogP contribution in [0.25, 0.3) is 11.3 Å². The lowest BCUT2D eigenvalue weighted by molar-refractivity contribution is 0.0785. The molecule has 2 aromatic heterocycles. The van der Waals surface area contributed by atoms with Gasteiger partial charge in [-0.1, -0.05) is 43.2 Å². The molecule has 1 amide bonds. The predicted molar refractivity (Wildman–Crippen MR) is 109 cm³/mol. The van der Waals surface area contributed by atoms with Crippen molar-refractivity contribution in [2.45, 2.75) is 45.2 Å². The van der Waals surface area contributed by atoms with Crippen LogP contribution in [0.4, 0.5) is 0 Å². The zero-order chi connectivity index (χ0) is 19.7. The van der Waals surface area contributed by atoms with Crippen LogP contribution < -0.4 is 0 Å². The van der Waals surface area contributed by atoms with Gasteiger partial charge >= 0.3 is 0 Å². The predicted octanol–water partition coefficient (Wildman–Crippen LogP) is 3.98. The molecule has 0 saturated heterocycles. The van der Waals surface area contributed by atoms with Crippen LogP contribution >= 0.6 is 0 Å². The van der Waals surface area contributed by atoms with Crippen molar-refractivity contribution in [3.05, 3.63) is 59.5 Å². The molecular formula is C22H27N5O. The molecule has 0 aliphatic heterocycles. The number of carbonyl (C=O) groups excluding carboxylic acids is 1. The Balaban J connectivity index is 1.68. The highest BCUT2D eigenvalue weighted by Gasteiger charge is 2.27. The Labute approximate surface area is 165 Å². The summed E-state index contributed by atoms with van der Waals surface area (Å²) in [6.45, 7) is 2.55. The van der Waals surface area contributed by atoms with E-state index in [0.29, 0.717) is 18.2 Å². The smallest absolute Gasteiger partial charge is 0.257 e. The number of aromatic nitrogens is 4. The minimum atomic E-state index is -0.00801. The Morgan fingerprint density at radius 3 is 2.50 bits per heavy atom. The van der Waals surface area contributed by atoms with E-state index >= 15 is 0 Å². The molecule has 3 aromatic rings. The normalized spacial score (nSPS) is 14.5. The van der Waals surface area contributed by atoms with Crippen molar-refractivity contribution in [3.63, 3.8) is 0 Å². The summed E-state index contributed by atoms with van der Waals surface area (Å²) in [5.41, 5.74) is 4.78. The van der Waals surface area contributed by atoms with Gasteiger partial charge in [0, 0.05) is 37.5 Å². The van der Waals surface area contributed by atoms with Gasteiger partial charge in [0.05, 0.1) is 29.7 Å². The van der Waals surface area contributed by atoms with E-state index in [4.69, 9.17) is 0 Å². The first kappa shape index (κ1) is 18.5. The Hall–Kier alpha value is -2.89. The van der Waals surface area contributed by atoms with Crippen molar-refractivity contribution in [2.75, 3.05) is 7.05 Å². The molecule has 2 heterocycles. The molecule has 0 atom stereocenters. The number of nitrogens with zero attached hydrogens (tertiary/aromatic N) is 5. The second-order valence-corrected chi connectivity index (χ2v) is 7.70. The van der Waals surface area contributed by atoms with Crippen molar-refractivity contribution in [2.24, 2.45) is 7.05 Å². The summed E-state index contributed by atoms with van der Waals surface area (Å²) in [7, 11) is 3.76. The summed E-state index contributed by atoms with van der Waals surface area (Å²) in [5.74, 6) is -0.00801. The minimum absolute atomic E-state index is 0.00801. The molecule has 146 valence electrons. The molecule has 1 fully saturated rings. The Morgan fingerprint density at radius 2 is 1.86 bits per heavy atom. The molecule has 0 bridgehead atoms. The quantitative estimate of drug-likeness (QED) is 0.676. The van der Waals surface area contributed by atoms with Gasteiger partial charge in [0.15, 0.2) is 0 Å². The van der Waals surface area contributed by atoms with E-state index in [0.717, 1.165) is 35.4 Å². The summed E-state index contributed by atoms with van der Waals surface area (Å²) < 4.78 is 3.92. The van der Waals surface area contributed by atoms with E-state index in [1.807, 2.05) is 50.1 Å². The first-order valence-corrected chi connectivity index (χ1v) is 9.92. The molecule has 0 unspecified atom stereocenters. The van der Waals surface area contributed by atoms with Gasteiger partial charge < -0.3 is 4.90 Å². The standard InChI is InChI=1S/C22H27N5O/c1-16-18(13-23-26(16)3)15-25(2)22(28)20-14-24-27(19-11-7-8-12-19)21(20)17-9-5-4-6-10-17/h4-6,9-10,13-14,19H,7-8,11-12,15H2,1-3H3. The van der Waals surface area contributed by atoms with E-state index in [1.165, 1.54) is 12.8 Å². The second kappa shape index (κ2) is 7.62. The maximum absolute atomic E-state index is 13.3. The minimum Gasteiger partial charge on any atom is -0.337 e. The number of hydrogen-bond donors (Lipinski definition) is 0. The van der Waals surface area contributed by atoms with Crippen LogP contribution in [0, 0.1) is 6.92 Å². The van der Waals surface area contributed by atoms with Crippen LogP contribution in [0.5, 0.6) is 0 Å². The third-order valence-corrected chi connectivity index (χ3v) is 5.83. The van der Waals surface area contributed by atoms with E-state index in [1.54, 1.807) is 11.1 Å². The van der Waals surface area contributed by atoms with Gasteiger partial charge in [0.2, 0.25) is 0 Å². The molecule has 1 aliphatic rings. The fraction of sp³-hybridized carbons (Fsp3) is 0.409. The second-order valence-electron chi connectivity index (χ2n) is 7.70. The maximum atomic E-state index is 13.3. The largest absolute Gasteiger partial charge is 0.337 e. The molecule has 0 radical (unpaired) electrons. The topological polar surface area (TPSA) is 56.0 Å². The molecule has 6 heteroatoms. The molecule has 1 saturated carbocycles. The highest BCUT2D eigenvalue weighted by atomic mass is 16.2. The number of amides is 1. The number of aryl methyl sites for hydroxylation is 1. The van der Waals surface area contributed by atoms with E-state index in [9.17, 15) is 4.79 Å². The van der Waals surface area contributed by atoms with Gasteiger partial charge in [-0.25, -0.2) is 0 Å². The number of rotatable bonds is 5. The van der Waals surface area contributed by atoms with Gasteiger partial charge in [0.1, 0.15) is 0 Å². The SMILES string of the molecule is Cc1c(CN(C)C(=O)c2cnn(C3CCCC3)c2-c2ccccc2)cnn1C. The molecular weight excluding hydrogens is 350 g/mol. The molecule has 28 heavy (non-hydrogen) atoms. The van der Waals surface area contributed by atoms with Gasteiger partial charge in [0.25, 0.3) is 5.91 Å².